The van der Waals surface area contributed by atoms with E-state index in [-0.39, 0.29) is 6.04 Å². The molecule has 2 unspecified atom stereocenters. The van der Waals surface area contributed by atoms with Gasteiger partial charge in [0.1, 0.15) is 5.76 Å². The van der Waals surface area contributed by atoms with Gasteiger partial charge in [-0.1, -0.05) is 6.08 Å². The van der Waals surface area contributed by atoms with Crippen molar-refractivity contribution in [2.24, 2.45) is 5.92 Å². The largest absolute Gasteiger partial charge is 0.508 e. The van der Waals surface area contributed by atoms with E-state index in [1.807, 2.05) is 12.2 Å². The molecule has 1 fully saturated rings. The van der Waals surface area contributed by atoms with E-state index in [1.165, 1.54) is 0 Å². The van der Waals surface area contributed by atoms with Crippen molar-refractivity contribution in [1.82, 2.24) is 4.90 Å². The van der Waals surface area contributed by atoms with Gasteiger partial charge in [0.25, 0.3) is 0 Å². The summed E-state index contributed by atoms with van der Waals surface area (Å²) in [4.78, 5) is 12.5. The van der Waals surface area contributed by atoms with Gasteiger partial charge in [-0.05, 0) is 25.0 Å². The summed E-state index contributed by atoms with van der Waals surface area (Å²) in [6.07, 6.45) is 8.41. The molecule has 1 N–H and O–H groups in total. The molecule has 0 aromatic heterocycles. The lowest BCUT2D eigenvalue weighted by Gasteiger charge is -2.37. The molecule has 2 atom stereocenters. The molecule has 1 aliphatic heterocycles. The van der Waals surface area contributed by atoms with E-state index in [0.717, 1.165) is 25.8 Å². The number of fused-ring (bicyclic) bond motifs is 1. The molecule has 1 aliphatic carbocycles. The maximum absolute atomic E-state index is 10.7. The van der Waals surface area contributed by atoms with Crippen LogP contribution in [0.3, 0.4) is 0 Å². The van der Waals surface area contributed by atoms with Crippen LogP contribution in [0.5, 0.6) is 0 Å². The Kier molecular flexibility index (Phi) is 2.08. The minimum Gasteiger partial charge on any atom is -0.508 e. The number of amides is 1. The van der Waals surface area contributed by atoms with Gasteiger partial charge in [0, 0.05) is 12.5 Å². The molecule has 13 heavy (non-hydrogen) atoms. The molecule has 0 radical (unpaired) electrons. The molecular formula is C10H13NO2. The van der Waals surface area contributed by atoms with Gasteiger partial charge in [0.2, 0.25) is 6.41 Å². The first kappa shape index (κ1) is 8.35. The summed E-state index contributed by atoms with van der Waals surface area (Å²) < 4.78 is 0. The highest BCUT2D eigenvalue weighted by Crippen LogP contribution is 2.28. The average molecular weight is 179 g/mol. The first-order valence-electron chi connectivity index (χ1n) is 4.61. The molecule has 0 saturated carbocycles. The number of aliphatic hydroxyl groups excluding tert-OH is 1. The lowest BCUT2D eigenvalue weighted by Crippen LogP contribution is -2.43. The quantitative estimate of drug-likeness (QED) is 0.615. The second-order valence-electron chi connectivity index (χ2n) is 3.59. The molecule has 1 amide bonds. The predicted molar refractivity (Wildman–Crippen MR) is 49.1 cm³/mol. The normalized spacial score (nSPS) is 32.3. The molecule has 1 heterocycles. The maximum atomic E-state index is 10.7. The zero-order valence-electron chi connectivity index (χ0n) is 7.39. The Morgan fingerprint density at radius 2 is 2.46 bits per heavy atom. The zero-order valence-corrected chi connectivity index (χ0v) is 7.39. The first-order chi connectivity index (χ1) is 6.31. The molecule has 3 heteroatoms. The van der Waals surface area contributed by atoms with Crippen LogP contribution < -0.4 is 0 Å². The summed E-state index contributed by atoms with van der Waals surface area (Å²) in [7, 11) is 0. The van der Waals surface area contributed by atoms with Crippen LogP contribution in [0.1, 0.15) is 12.8 Å². The van der Waals surface area contributed by atoms with E-state index < -0.39 is 0 Å². The molecule has 0 bridgehead atoms. The highest BCUT2D eigenvalue weighted by atomic mass is 16.3. The van der Waals surface area contributed by atoms with E-state index >= 15 is 0 Å². The van der Waals surface area contributed by atoms with Crippen LogP contribution in [0.4, 0.5) is 0 Å². The Hall–Kier alpha value is -1.25. The van der Waals surface area contributed by atoms with Gasteiger partial charge < -0.3 is 10.0 Å². The second-order valence-corrected chi connectivity index (χ2v) is 3.59. The topological polar surface area (TPSA) is 40.5 Å². The molecule has 2 rings (SSSR count). The smallest absolute Gasteiger partial charge is 0.210 e. The molecule has 70 valence electrons. The Morgan fingerprint density at radius 1 is 1.62 bits per heavy atom. The maximum Gasteiger partial charge on any atom is 0.210 e. The molecule has 0 aromatic carbocycles. The standard InChI is InChI=1S/C10H13NO2/c12-7-11-5-1-2-8-6-9(13)3-4-10(8)11/h3-4,6-8,10,13H,1-2,5H2. The first-order valence-corrected chi connectivity index (χ1v) is 4.61. The number of hydrogen-bond donors (Lipinski definition) is 1. The summed E-state index contributed by atoms with van der Waals surface area (Å²) in [6.45, 7) is 0.837. The highest BCUT2D eigenvalue weighted by Gasteiger charge is 2.29. The minimum atomic E-state index is 0.169. The van der Waals surface area contributed by atoms with Crippen LogP contribution >= 0.6 is 0 Å². The van der Waals surface area contributed by atoms with Gasteiger partial charge in [-0.2, -0.15) is 0 Å². The number of carbonyl (C=O) groups excluding carboxylic acids is 1. The van der Waals surface area contributed by atoms with Gasteiger partial charge in [-0.25, -0.2) is 0 Å². The summed E-state index contributed by atoms with van der Waals surface area (Å²) in [6, 6.07) is 0.169. The van der Waals surface area contributed by atoms with Gasteiger partial charge in [-0.15, -0.1) is 0 Å². The van der Waals surface area contributed by atoms with Crippen molar-refractivity contribution in [2.45, 2.75) is 18.9 Å². The van der Waals surface area contributed by atoms with Crippen molar-refractivity contribution in [1.29, 1.82) is 0 Å². The Bertz CT molecular complexity index is 270. The van der Waals surface area contributed by atoms with E-state index in [2.05, 4.69) is 0 Å². The third-order valence-corrected chi connectivity index (χ3v) is 2.76. The number of aliphatic hydroxyl groups is 1. The van der Waals surface area contributed by atoms with E-state index in [0.29, 0.717) is 11.7 Å². The fraction of sp³-hybridized carbons (Fsp3) is 0.500. The van der Waals surface area contributed by atoms with Gasteiger partial charge >= 0.3 is 0 Å². The Balaban J connectivity index is 2.18. The SMILES string of the molecule is O=CN1CCCC2C=C(O)C=CC21. The number of carbonyl (C=O) groups is 1. The summed E-state index contributed by atoms with van der Waals surface area (Å²) in [5, 5.41) is 9.27. The van der Waals surface area contributed by atoms with Gasteiger partial charge in [0.15, 0.2) is 0 Å². The molecule has 0 spiro atoms. The Morgan fingerprint density at radius 3 is 3.23 bits per heavy atom. The van der Waals surface area contributed by atoms with Gasteiger partial charge in [-0.3, -0.25) is 4.79 Å². The van der Waals surface area contributed by atoms with Crippen molar-refractivity contribution in [3.8, 4) is 0 Å². The van der Waals surface area contributed by atoms with Crippen LogP contribution in [0.25, 0.3) is 0 Å². The summed E-state index contributed by atoms with van der Waals surface area (Å²) in [5.41, 5.74) is 0. The number of piperidine rings is 1. The second kappa shape index (κ2) is 3.24. The molecule has 3 nitrogen and oxygen atoms in total. The lowest BCUT2D eigenvalue weighted by atomic mass is 9.86. The summed E-state index contributed by atoms with van der Waals surface area (Å²) in [5.74, 6) is 0.637. The van der Waals surface area contributed by atoms with Crippen molar-refractivity contribution in [3.63, 3.8) is 0 Å². The van der Waals surface area contributed by atoms with E-state index in [1.54, 1.807) is 11.0 Å². The zero-order chi connectivity index (χ0) is 9.26. The van der Waals surface area contributed by atoms with E-state index in [9.17, 15) is 9.90 Å². The molecule has 2 aliphatic rings. The molecule has 1 saturated heterocycles. The van der Waals surface area contributed by atoms with Crippen LogP contribution in [-0.4, -0.2) is 29.0 Å². The minimum absolute atomic E-state index is 0.169. The number of likely N-dealkylation sites (tertiary alicyclic amines) is 1. The number of allylic oxidation sites excluding steroid dienone is 1. The van der Waals surface area contributed by atoms with Crippen molar-refractivity contribution < 1.29 is 9.90 Å². The van der Waals surface area contributed by atoms with Gasteiger partial charge in [0.05, 0.1) is 6.04 Å². The highest BCUT2D eigenvalue weighted by molar-refractivity contribution is 5.49. The van der Waals surface area contributed by atoms with Crippen LogP contribution in [0.15, 0.2) is 24.0 Å². The van der Waals surface area contributed by atoms with Crippen LogP contribution in [0, 0.1) is 5.92 Å². The third-order valence-electron chi connectivity index (χ3n) is 2.76. The number of nitrogens with zero attached hydrogens (tertiary/aromatic N) is 1. The van der Waals surface area contributed by atoms with Crippen molar-refractivity contribution >= 4 is 6.41 Å². The lowest BCUT2D eigenvalue weighted by molar-refractivity contribution is -0.121. The monoisotopic (exact) mass is 179 g/mol. The molecule has 0 aromatic rings. The van der Waals surface area contributed by atoms with Crippen molar-refractivity contribution in [3.05, 3.63) is 24.0 Å². The summed E-state index contributed by atoms with van der Waals surface area (Å²) >= 11 is 0. The number of rotatable bonds is 1. The van der Waals surface area contributed by atoms with E-state index in [4.69, 9.17) is 0 Å². The predicted octanol–water partition coefficient (Wildman–Crippen LogP) is 1.24. The number of hydrogen-bond acceptors (Lipinski definition) is 2. The van der Waals surface area contributed by atoms with Crippen LogP contribution in [-0.2, 0) is 4.79 Å². The molecular weight excluding hydrogens is 166 g/mol. The average Bonchev–Trinajstić information content (AvgIpc) is 2.16. The van der Waals surface area contributed by atoms with Crippen LogP contribution in [0.2, 0.25) is 0 Å². The fourth-order valence-electron chi connectivity index (χ4n) is 2.11. The fourth-order valence-corrected chi connectivity index (χ4v) is 2.11. The third kappa shape index (κ3) is 1.46. The van der Waals surface area contributed by atoms with Crippen molar-refractivity contribution in [2.75, 3.05) is 6.54 Å². The Labute approximate surface area is 77.3 Å².